The summed E-state index contributed by atoms with van der Waals surface area (Å²) >= 11 is 0. The first-order valence-electron chi connectivity index (χ1n) is 8.53. The molecule has 2 aromatic heterocycles. The highest BCUT2D eigenvalue weighted by Gasteiger charge is 2.16. The highest BCUT2D eigenvalue weighted by Crippen LogP contribution is 2.34. The second-order valence-electron chi connectivity index (χ2n) is 5.99. The highest BCUT2D eigenvalue weighted by atomic mass is 16.7. The highest BCUT2D eigenvalue weighted by molar-refractivity contribution is 6.06. The van der Waals surface area contributed by atoms with Crippen LogP contribution in [-0.4, -0.2) is 28.6 Å². The summed E-state index contributed by atoms with van der Waals surface area (Å²) < 4.78 is 10.5. The van der Waals surface area contributed by atoms with Crippen LogP contribution < -0.4 is 20.1 Å². The second-order valence-corrected chi connectivity index (χ2v) is 5.99. The van der Waals surface area contributed by atoms with Crippen molar-refractivity contribution in [3.63, 3.8) is 0 Å². The average Bonchev–Trinajstić information content (AvgIpc) is 3.21. The summed E-state index contributed by atoms with van der Waals surface area (Å²) in [6.45, 7) is 0.444. The molecule has 140 valence electrons. The smallest absolute Gasteiger partial charge is 0.257 e. The number of anilines is 1. The van der Waals surface area contributed by atoms with E-state index in [2.05, 4.69) is 20.6 Å². The molecule has 0 bridgehead atoms. The van der Waals surface area contributed by atoms with E-state index in [1.807, 2.05) is 12.1 Å². The van der Waals surface area contributed by atoms with Crippen LogP contribution in [0.3, 0.4) is 0 Å². The van der Waals surface area contributed by atoms with Gasteiger partial charge in [-0.3, -0.25) is 19.6 Å². The van der Waals surface area contributed by atoms with Crippen molar-refractivity contribution in [3.8, 4) is 11.5 Å². The molecule has 8 nitrogen and oxygen atoms in total. The zero-order valence-corrected chi connectivity index (χ0v) is 14.7. The number of amides is 2. The quantitative estimate of drug-likeness (QED) is 0.709. The standard InChI is InChI=1S/C20H16N4O4/c25-19(23-11-16-3-1-2-6-22-16)13-7-14(10-21-9-13)20(26)24-15-4-5-17-18(8-15)28-12-27-17/h1-10H,11-12H2,(H,23,25)(H,24,26). The number of hydrogen-bond donors (Lipinski definition) is 2. The molecule has 8 heteroatoms. The van der Waals surface area contributed by atoms with Gasteiger partial charge in [-0.15, -0.1) is 0 Å². The summed E-state index contributed by atoms with van der Waals surface area (Å²) in [5, 5.41) is 5.51. The molecule has 1 aliphatic heterocycles. The van der Waals surface area contributed by atoms with E-state index in [4.69, 9.17) is 9.47 Å². The lowest BCUT2D eigenvalue weighted by Crippen LogP contribution is -2.24. The third-order valence-electron chi connectivity index (χ3n) is 4.05. The van der Waals surface area contributed by atoms with Crippen molar-refractivity contribution in [2.45, 2.75) is 6.54 Å². The van der Waals surface area contributed by atoms with Crippen LogP contribution in [0.25, 0.3) is 0 Å². The molecule has 0 radical (unpaired) electrons. The number of carbonyl (C=O) groups excluding carboxylic acids is 2. The molecule has 3 heterocycles. The van der Waals surface area contributed by atoms with Crippen LogP contribution in [0.1, 0.15) is 26.4 Å². The zero-order valence-electron chi connectivity index (χ0n) is 14.7. The van der Waals surface area contributed by atoms with Gasteiger partial charge in [0.15, 0.2) is 11.5 Å². The number of benzene rings is 1. The monoisotopic (exact) mass is 376 g/mol. The number of nitrogens with one attached hydrogen (secondary N) is 2. The van der Waals surface area contributed by atoms with Crippen LogP contribution in [0, 0.1) is 0 Å². The van der Waals surface area contributed by atoms with E-state index in [1.165, 1.54) is 18.5 Å². The Labute approximate surface area is 160 Å². The maximum atomic E-state index is 12.5. The molecule has 0 unspecified atom stereocenters. The van der Waals surface area contributed by atoms with E-state index in [9.17, 15) is 9.59 Å². The molecule has 0 fully saturated rings. The maximum absolute atomic E-state index is 12.5. The van der Waals surface area contributed by atoms with Gasteiger partial charge < -0.3 is 20.1 Å². The summed E-state index contributed by atoms with van der Waals surface area (Å²) in [6, 6.07) is 12.1. The minimum atomic E-state index is -0.384. The largest absolute Gasteiger partial charge is 0.454 e. The molecule has 1 aliphatic rings. The predicted octanol–water partition coefficient (Wildman–Crippen LogP) is 2.39. The van der Waals surface area contributed by atoms with Crippen LogP contribution in [0.4, 0.5) is 5.69 Å². The lowest BCUT2D eigenvalue weighted by atomic mass is 10.1. The topological polar surface area (TPSA) is 102 Å². The Morgan fingerprint density at radius 1 is 0.964 bits per heavy atom. The molecular weight excluding hydrogens is 360 g/mol. The first-order valence-corrected chi connectivity index (χ1v) is 8.53. The van der Waals surface area contributed by atoms with Crippen LogP contribution in [0.15, 0.2) is 61.1 Å². The van der Waals surface area contributed by atoms with E-state index in [0.717, 1.165) is 5.69 Å². The van der Waals surface area contributed by atoms with E-state index >= 15 is 0 Å². The van der Waals surface area contributed by atoms with Gasteiger partial charge in [-0.05, 0) is 30.3 Å². The van der Waals surface area contributed by atoms with E-state index in [0.29, 0.717) is 17.2 Å². The zero-order chi connectivity index (χ0) is 19.3. The lowest BCUT2D eigenvalue weighted by Gasteiger charge is -2.08. The first-order chi connectivity index (χ1) is 13.7. The molecule has 4 rings (SSSR count). The Kier molecular flexibility index (Phi) is 4.83. The fourth-order valence-electron chi connectivity index (χ4n) is 2.64. The van der Waals surface area contributed by atoms with Gasteiger partial charge >= 0.3 is 0 Å². The summed E-state index contributed by atoms with van der Waals surface area (Å²) in [7, 11) is 0. The van der Waals surface area contributed by atoms with Crippen molar-refractivity contribution in [1.82, 2.24) is 15.3 Å². The van der Waals surface area contributed by atoms with E-state index < -0.39 is 0 Å². The summed E-state index contributed by atoms with van der Waals surface area (Å²) in [6.07, 6.45) is 4.47. The molecule has 0 saturated heterocycles. The molecule has 28 heavy (non-hydrogen) atoms. The van der Waals surface area contributed by atoms with Crippen LogP contribution in [-0.2, 0) is 6.54 Å². The lowest BCUT2D eigenvalue weighted by molar-refractivity contribution is 0.0950. The Morgan fingerprint density at radius 2 is 1.79 bits per heavy atom. The number of fused-ring (bicyclic) bond motifs is 1. The minimum absolute atomic E-state index is 0.159. The molecule has 0 atom stereocenters. The molecule has 0 spiro atoms. The van der Waals surface area contributed by atoms with Crippen molar-refractivity contribution in [1.29, 1.82) is 0 Å². The Morgan fingerprint density at radius 3 is 2.61 bits per heavy atom. The van der Waals surface area contributed by atoms with E-state index in [1.54, 1.807) is 30.5 Å². The molecule has 1 aromatic carbocycles. The van der Waals surface area contributed by atoms with Crippen molar-refractivity contribution in [2.75, 3.05) is 12.1 Å². The molecule has 3 aromatic rings. The summed E-state index contributed by atoms with van der Waals surface area (Å²) in [5.41, 5.74) is 1.84. The van der Waals surface area contributed by atoms with Crippen molar-refractivity contribution in [3.05, 3.63) is 77.9 Å². The third-order valence-corrected chi connectivity index (χ3v) is 4.05. The van der Waals surface area contributed by atoms with Gasteiger partial charge in [0, 0.05) is 30.3 Å². The van der Waals surface area contributed by atoms with Gasteiger partial charge in [0.1, 0.15) is 0 Å². The number of ether oxygens (including phenoxy) is 2. The fourth-order valence-corrected chi connectivity index (χ4v) is 2.64. The van der Waals surface area contributed by atoms with Crippen molar-refractivity contribution >= 4 is 17.5 Å². The number of aromatic nitrogens is 2. The second kappa shape index (κ2) is 7.75. The SMILES string of the molecule is O=C(NCc1ccccn1)c1cncc(C(=O)Nc2ccc3c(c2)OCO3)c1. The predicted molar refractivity (Wildman–Crippen MR) is 100 cm³/mol. The molecule has 2 amide bonds. The molecule has 0 saturated carbocycles. The van der Waals surface area contributed by atoms with Gasteiger partial charge in [0.25, 0.3) is 11.8 Å². The minimum Gasteiger partial charge on any atom is -0.454 e. The Hall–Kier alpha value is -3.94. The van der Waals surface area contributed by atoms with Gasteiger partial charge in [0.05, 0.1) is 23.4 Å². The normalized spacial score (nSPS) is 11.7. The molecule has 2 N–H and O–H groups in total. The fraction of sp³-hybridized carbons (Fsp3) is 0.100. The maximum Gasteiger partial charge on any atom is 0.257 e. The Bertz CT molecular complexity index is 1020. The first kappa shape index (κ1) is 17.5. The number of rotatable bonds is 5. The van der Waals surface area contributed by atoms with Crippen LogP contribution >= 0.6 is 0 Å². The number of carbonyl (C=O) groups is 2. The summed E-state index contributed by atoms with van der Waals surface area (Å²) in [5.74, 6) is 0.478. The third kappa shape index (κ3) is 3.90. The van der Waals surface area contributed by atoms with Crippen molar-refractivity contribution in [2.24, 2.45) is 0 Å². The van der Waals surface area contributed by atoms with Crippen LogP contribution in [0.2, 0.25) is 0 Å². The van der Waals surface area contributed by atoms with Gasteiger partial charge in [-0.1, -0.05) is 6.07 Å². The molecule has 0 aliphatic carbocycles. The number of hydrogen-bond acceptors (Lipinski definition) is 6. The van der Waals surface area contributed by atoms with E-state index in [-0.39, 0.29) is 36.3 Å². The van der Waals surface area contributed by atoms with Gasteiger partial charge in [-0.25, -0.2) is 0 Å². The average molecular weight is 376 g/mol. The number of nitrogens with zero attached hydrogens (tertiary/aromatic N) is 2. The molecular formula is C20H16N4O4. The van der Waals surface area contributed by atoms with Crippen LogP contribution in [0.5, 0.6) is 11.5 Å². The summed E-state index contributed by atoms with van der Waals surface area (Å²) in [4.78, 5) is 33.0. The number of pyridine rings is 2. The van der Waals surface area contributed by atoms with Crippen molar-refractivity contribution < 1.29 is 19.1 Å². The van der Waals surface area contributed by atoms with Gasteiger partial charge in [0.2, 0.25) is 6.79 Å². The van der Waals surface area contributed by atoms with Gasteiger partial charge in [-0.2, -0.15) is 0 Å². The Balaban J connectivity index is 1.42.